The van der Waals surface area contributed by atoms with Crippen molar-refractivity contribution < 1.29 is 0 Å². The number of rotatable bonds is 8. The summed E-state index contributed by atoms with van der Waals surface area (Å²) in [5, 5.41) is 1.98. The zero-order valence-corrected chi connectivity index (χ0v) is 9.55. The third kappa shape index (κ3) is 7.03. The second-order valence-corrected chi connectivity index (χ2v) is 3.91. The summed E-state index contributed by atoms with van der Waals surface area (Å²) in [5.41, 5.74) is 0. The number of nitrogens with zero attached hydrogens (tertiary/aromatic N) is 1. The molecular weight excluding hydrogens is 160 g/mol. The van der Waals surface area contributed by atoms with Gasteiger partial charge in [-0.25, -0.2) is 5.01 Å². The number of unbranched alkanes of at least 4 members (excludes halogenated alkanes) is 1. The number of hydrogen-bond acceptors (Lipinski definition) is 2. The highest BCUT2D eigenvalue weighted by Crippen LogP contribution is 2.12. The molecule has 0 radical (unpaired) electrons. The second-order valence-electron chi connectivity index (χ2n) is 3.91. The Hall–Kier alpha value is -0.0800. The Labute approximate surface area is 83.5 Å². The Morgan fingerprint density at radius 2 is 1.85 bits per heavy atom. The predicted molar refractivity (Wildman–Crippen MR) is 59.4 cm³/mol. The van der Waals surface area contributed by atoms with Crippen LogP contribution in [0, 0.1) is 5.92 Å². The number of hydrazine groups is 1. The van der Waals surface area contributed by atoms with Crippen molar-refractivity contribution in [3.05, 3.63) is 0 Å². The fourth-order valence-corrected chi connectivity index (χ4v) is 1.63. The highest BCUT2D eigenvalue weighted by molar-refractivity contribution is 4.61. The van der Waals surface area contributed by atoms with Gasteiger partial charge >= 0.3 is 0 Å². The molecule has 0 saturated heterocycles. The molecule has 2 nitrogen and oxygen atoms in total. The van der Waals surface area contributed by atoms with E-state index in [1.165, 1.54) is 25.7 Å². The molecule has 0 aliphatic carbocycles. The minimum Gasteiger partial charge on any atom is -0.269 e. The maximum Gasteiger partial charge on any atom is 0.0156 e. The third-order valence-electron chi connectivity index (χ3n) is 2.55. The van der Waals surface area contributed by atoms with Crippen LogP contribution in [-0.2, 0) is 0 Å². The topological polar surface area (TPSA) is 29.3 Å². The molecule has 0 fully saturated rings. The highest BCUT2D eigenvalue weighted by Gasteiger charge is 2.08. The molecule has 1 unspecified atom stereocenters. The maximum absolute atomic E-state index is 5.87. The van der Waals surface area contributed by atoms with Crippen LogP contribution < -0.4 is 5.84 Å². The molecule has 0 aromatic carbocycles. The molecule has 0 aromatic heterocycles. The van der Waals surface area contributed by atoms with Crippen LogP contribution in [0.15, 0.2) is 0 Å². The standard InChI is InChI=1S/C11H26N2/c1-4-7-8-11(6-3)10-13(12)9-5-2/h11H,4-10,12H2,1-3H3. The van der Waals surface area contributed by atoms with Crippen molar-refractivity contribution in [1.29, 1.82) is 0 Å². The van der Waals surface area contributed by atoms with Crippen LogP contribution >= 0.6 is 0 Å². The van der Waals surface area contributed by atoms with Crippen molar-refractivity contribution in [2.45, 2.75) is 52.9 Å². The molecule has 0 amide bonds. The summed E-state index contributed by atoms with van der Waals surface area (Å²) in [6.45, 7) is 8.79. The molecule has 2 heteroatoms. The molecule has 0 saturated carbocycles. The van der Waals surface area contributed by atoms with E-state index in [0.29, 0.717) is 0 Å². The van der Waals surface area contributed by atoms with E-state index in [4.69, 9.17) is 5.84 Å². The first kappa shape index (κ1) is 12.9. The van der Waals surface area contributed by atoms with Crippen LogP contribution in [0.4, 0.5) is 0 Å². The van der Waals surface area contributed by atoms with Gasteiger partial charge in [0.25, 0.3) is 0 Å². The van der Waals surface area contributed by atoms with Crippen molar-refractivity contribution in [2.24, 2.45) is 11.8 Å². The molecule has 0 spiro atoms. The van der Waals surface area contributed by atoms with Crippen molar-refractivity contribution in [3.8, 4) is 0 Å². The van der Waals surface area contributed by atoms with Gasteiger partial charge in [-0.15, -0.1) is 0 Å². The first-order chi connectivity index (χ1) is 6.24. The van der Waals surface area contributed by atoms with E-state index in [9.17, 15) is 0 Å². The lowest BCUT2D eigenvalue weighted by Crippen LogP contribution is -2.36. The minimum absolute atomic E-state index is 0.802. The van der Waals surface area contributed by atoms with Crippen LogP contribution in [0.2, 0.25) is 0 Å². The van der Waals surface area contributed by atoms with Gasteiger partial charge in [0.1, 0.15) is 0 Å². The molecule has 80 valence electrons. The Morgan fingerprint density at radius 1 is 1.15 bits per heavy atom. The molecule has 0 aliphatic heterocycles. The lowest BCUT2D eigenvalue weighted by Gasteiger charge is -2.22. The van der Waals surface area contributed by atoms with Crippen molar-refractivity contribution in [2.75, 3.05) is 13.1 Å². The summed E-state index contributed by atoms with van der Waals surface area (Å²) in [7, 11) is 0. The molecule has 0 aliphatic rings. The Morgan fingerprint density at radius 3 is 2.31 bits per heavy atom. The molecule has 2 N–H and O–H groups in total. The van der Waals surface area contributed by atoms with Crippen LogP contribution in [-0.4, -0.2) is 18.1 Å². The Bertz CT molecular complexity index is 104. The van der Waals surface area contributed by atoms with Gasteiger partial charge in [0.15, 0.2) is 0 Å². The van der Waals surface area contributed by atoms with Gasteiger partial charge in [0, 0.05) is 13.1 Å². The zero-order chi connectivity index (χ0) is 10.1. The fraction of sp³-hybridized carbons (Fsp3) is 1.00. The van der Waals surface area contributed by atoms with Gasteiger partial charge in [-0.05, 0) is 18.8 Å². The number of hydrogen-bond donors (Lipinski definition) is 1. The molecule has 13 heavy (non-hydrogen) atoms. The summed E-state index contributed by atoms with van der Waals surface area (Å²) in [6.07, 6.45) is 6.40. The summed E-state index contributed by atoms with van der Waals surface area (Å²) < 4.78 is 0. The average Bonchev–Trinajstić information content (AvgIpc) is 2.12. The Balaban J connectivity index is 3.56. The van der Waals surface area contributed by atoms with Gasteiger partial charge in [-0.1, -0.05) is 40.0 Å². The summed E-state index contributed by atoms with van der Waals surface area (Å²) >= 11 is 0. The average molecular weight is 186 g/mol. The quantitative estimate of drug-likeness (QED) is 0.466. The van der Waals surface area contributed by atoms with E-state index in [-0.39, 0.29) is 0 Å². The summed E-state index contributed by atoms with van der Waals surface area (Å²) in [5.74, 6) is 6.67. The Kier molecular flexibility index (Phi) is 8.46. The van der Waals surface area contributed by atoms with E-state index in [0.717, 1.165) is 25.4 Å². The smallest absolute Gasteiger partial charge is 0.0156 e. The lowest BCUT2D eigenvalue weighted by atomic mass is 9.99. The van der Waals surface area contributed by atoms with Crippen molar-refractivity contribution in [3.63, 3.8) is 0 Å². The highest BCUT2D eigenvalue weighted by atomic mass is 15.4. The largest absolute Gasteiger partial charge is 0.269 e. The van der Waals surface area contributed by atoms with Crippen molar-refractivity contribution >= 4 is 0 Å². The minimum atomic E-state index is 0.802. The molecule has 0 aromatic rings. The van der Waals surface area contributed by atoms with Crippen molar-refractivity contribution in [1.82, 2.24) is 5.01 Å². The zero-order valence-electron chi connectivity index (χ0n) is 9.55. The second kappa shape index (κ2) is 8.52. The maximum atomic E-state index is 5.87. The monoisotopic (exact) mass is 186 g/mol. The number of nitrogens with two attached hydrogens (primary N) is 1. The summed E-state index contributed by atoms with van der Waals surface area (Å²) in [4.78, 5) is 0. The molecule has 0 bridgehead atoms. The predicted octanol–water partition coefficient (Wildman–Crippen LogP) is 2.79. The molecule has 0 heterocycles. The van der Waals surface area contributed by atoms with Crippen LogP contribution in [0.25, 0.3) is 0 Å². The van der Waals surface area contributed by atoms with E-state index in [1.807, 2.05) is 5.01 Å². The van der Waals surface area contributed by atoms with Crippen LogP contribution in [0.1, 0.15) is 52.9 Å². The molecule has 0 rings (SSSR count). The van der Waals surface area contributed by atoms with Gasteiger partial charge in [-0.3, -0.25) is 5.84 Å². The molecular formula is C11H26N2. The first-order valence-electron chi connectivity index (χ1n) is 5.74. The van der Waals surface area contributed by atoms with E-state index in [1.54, 1.807) is 0 Å². The lowest BCUT2D eigenvalue weighted by molar-refractivity contribution is 0.224. The van der Waals surface area contributed by atoms with E-state index in [2.05, 4.69) is 20.8 Å². The van der Waals surface area contributed by atoms with Crippen LogP contribution in [0.5, 0.6) is 0 Å². The van der Waals surface area contributed by atoms with Crippen LogP contribution in [0.3, 0.4) is 0 Å². The van der Waals surface area contributed by atoms with Gasteiger partial charge in [0.2, 0.25) is 0 Å². The third-order valence-corrected chi connectivity index (χ3v) is 2.55. The fourth-order valence-electron chi connectivity index (χ4n) is 1.63. The summed E-state index contributed by atoms with van der Waals surface area (Å²) in [6, 6.07) is 0. The SMILES string of the molecule is CCCCC(CC)CN(N)CCC. The van der Waals surface area contributed by atoms with Gasteiger partial charge in [0.05, 0.1) is 0 Å². The van der Waals surface area contributed by atoms with Gasteiger partial charge in [-0.2, -0.15) is 0 Å². The van der Waals surface area contributed by atoms with E-state index < -0.39 is 0 Å². The normalized spacial score (nSPS) is 13.6. The first-order valence-corrected chi connectivity index (χ1v) is 5.74. The van der Waals surface area contributed by atoms with Gasteiger partial charge < -0.3 is 0 Å². The molecule has 1 atom stereocenters. The van der Waals surface area contributed by atoms with E-state index >= 15 is 0 Å².